The fourth-order valence-electron chi connectivity index (χ4n) is 2.16. The number of esters is 2. The molecule has 1 aliphatic heterocycles. The lowest BCUT2D eigenvalue weighted by molar-refractivity contribution is -0.163. The Labute approximate surface area is 142 Å². The molecule has 2 rings (SSSR count). The highest BCUT2D eigenvalue weighted by molar-refractivity contribution is 5.67. The molecule has 0 aromatic heterocycles. The summed E-state index contributed by atoms with van der Waals surface area (Å²) < 4.78 is 16.1. The zero-order valence-corrected chi connectivity index (χ0v) is 14.5. The van der Waals surface area contributed by atoms with Crippen molar-refractivity contribution in [3.05, 3.63) is 42.0 Å². The summed E-state index contributed by atoms with van der Waals surface area (Å²) in [6.07, 6.45) is 2.11. The Morgan fingerprint density at radius 1 is 1.08 bits per heavy atom. The molecule has 24 heavy (non-hydrogen) atoms. The molecule has 1 unspecified atom stereocenters. The quantitative estimate of drug-likeness (QED) is 0.517. The van der Waals surface area contributed by atoms with Crippen molar-refractivity contribution in [1.82, 2.24) is 0 Å². The van der Waals surface area contributed by atoms with E-state index in [2.05, 4.69) is 0 Å². The maximum atomic E-state index is 11.2. The van der Waals surface area contributed by atoms with Crippen LogP contribution in [0.1, 0.15) is 39.4 Å². The van der Waals surface area contributed by atoms with Gasteiger partial charge in [0.15, 0.2) is 0 Å². The number of anilines is 1. The van der Waals surface area contributed by atoms with Crippen molar-refractivity contribution in [1.29, 1.82) is 0 Å². The van der Waals surface area contributed by atoms with Gasteiger partial charge in [-0.05, 0) is 23.8 Å². The molecule has 0 spiro atoms. The first-order chi connectivity index (χ1) is 11.5. The molecule has 1 aliphatic rings. The Morgan fingerprint density at radius 2 is 1.71 bits per heavy atom. The Bertz CT molecular complexity index is 567. The van der Waals surface area contributed by atoms with Crippen LogP contribution >= 0.6 is 0 Å². The third-order valence-electron chi connectivity index (χ3n) is 3.18. The number of nitrogens with two attached hydrogens (primary N) is 1. The highest BCUT2D eigenvalue weighted by atomic mass is 16.6. The summed E-state index contributed by atoms with van der Waals surface area (Å²) in [5.74, 6) is -0.833. The molecule has 132 valence electrons. The molecular weight excluding hydrogens is 310 g/mol. The van der Waals surface area contributed by atoms with Gasteiger partial charge in [-0.25, -0.2) is 0 Å². The first-order valence-electron chi connectivity index (χ1n) is 7.95. The third kappa shape index (κ3) is 6.04. The van der Waals surface area contributed by atoms with Gasteiger partial charge in [0.05, 0.1) is 0 Å². The number of nitrogen functional groups attached to an aromatic ring is 1. The molecule has 2 N–H and O–H groups in total. The van der Waals surface area contributed by atoms with Gasteiger partial charge in [-0.2, -0.15) is 0 Å². The van der Waals surface area contributed by atoms with Gasteiger partial charge in [-0.3, -0.25) is 9.59 Å². The van der Waals surface area contributed by atoms with Crippen molar-refractivity contribution >= 4 is 17.6 Å². The average molecular weight is 335 g/mol. The van der Waals surface area contributed by atoms with Crippen LogP contribution in [0.5, 0.6) is 0 Å². The number of carbonyl (C=O) groups is 2. The molecule has 1 heterocycles. The van der Waals surface area contributed by atoms with Crippen LogP contribution < -0.4 is 5.73 Å². The molecule has 0 amide bonds. The number of carbonyl (C=O) groups excluding carboxylic acids is 2. The zero-order valence-electron chi connectivity index (χ0n) is 14.5. The largest absolute Gasteiger partial charge is 0.463 e. The molecule has 1 aromatic carbocycles. The Morgan fingerprint density at radius 3 is 2.25 bits per heavy atom. The van der Waals surface area contributed by atoms with Gasteiger partial charge < -0.3 is 19.9 Å². The number of ether oxygens (including phenoxy) is 3. The van der Waals surface area contributed by atoms with Crippen LogP contribution in [0.15, 0.2) is 36.4 Å². The standard InChI is InChI=1S/C16H19NO5.C2H6/c1-10(18)20-9-16-15(21-11(2)19)8-7-14(22-16)12-3-5-13(17)6-4-12;1-2/h3-8,14-16H,9,17H2,1-2H3;1-2H3/t14-,15-,16?;/m0./s1. The van der Waals surface area contributed by atoms with Crippen LogP contribution in [0.25, 0.3) is 0 Å². The minimum Gasteiger partial charge on any atom is -0.463 e. The highest BCUT2D eigenvalue weighted by Crippen LogP contribution is 2.28. The molecule has 3 atom stereocenters. The van der Waals surface area contributed by atoms with E-state index in [9.17, 15) is 9.59 Å². The van der Waals surface area contributed by atoms with Gasteiger partial charge in [0.2, 0.25) is 0 Å². The normalized spacial score (nSPS) is 22.1. The minimum absolute atomic E-state index is 0.0170. The molecule has 0 fully saturated rings. The molecule has 1 aromatic rings. The third-order valence-corrected chi connectivity index (χ3v) is 3.18. The Kier molecular flexibility index (Phi) is 7.98. The van der Waals surface area contributed by atoms with E-state index in [-0.39, 0.29) is 12.7 Å². The molecule has 0 aliphatic carbocycles. The van der Waals surface area contributed by atoms with E-state index in [0.29, 0.717) is 5.69 Å². The van der Waals surface area contributed by atoms with Crippen LogP contribution in [-0.2, 0) is 23.8 Å². The first kappa shape index (κ1) is 19.7. The average Bonchev–Trinajstić information content (AvgIpc) is 2.56. The fourth-order valence-corrected chi connectivity index (χ4v) is 2.16. The van der Waals surface area contributed by atoms with E-state index in [4.69, 9.17) is 19.9 Å². The van der Waals surface area contributed by atoms with Gasteiger partial charge in [-0.15, -0.1) is 0 Å². The second-order valence-corrected chi connectivity index (χ2v) is 5.02. The topological polar surface area (TPSA) is 87.8 Å². The Balaban J connectivity index is 0.00000139. The van der Waals surface area contributed by atoms with Crippen LogP contribution in [0.2, 0.25) is 0 Å². The van der Waals surface area contributed by atoms with Crippen molar-refractivity contribution < 1.29 is 23.8 Å². The van der Waals surface area contributed by atoms with E-state index in [1.54, 1.807) is 18.2 Å². The number of hydrogen-bond donors (Lipinski definition) is 1. The van der Waals surface area contributed by atoms with Gasteiger partial charge in [0.1, 0.15) is 24.9 Å². The molecular formula is C18H25NO5. The van der Waals surface area contributed by atoms with E-state index < -0.39 is 24.1 Å². The minimum atomic E-state index is -0.582. The number of hydrogen-bond acceptors (Lipinski definition) is 6. The van der Waals surface area contributed by atoms with Crippen molar-refractivity contribution in [2.24, 2.45) is 0 Å². The number of benzene rings is 1. The monoisotopic (exact) mass is 335 g/mol. The van der Waals surface area contributed by atoms with Crippen LogP contribution in [0, 0.1) is 0 Å². The predicted octanol–water partition coefficient (Wildman–Crippen LogP) is 2.79. The van der Waals surface area contributed by atoms with Crippen molar-refractivity contribution in [2.45, 2.75) is 46.0 Å². The molecule has 0 radical (unpaired) electrons. The lowest BCUT2D eigenvalue weighted by Gasteiger charge is -2.31. The predicted molar refractivity (Wildman–Crippen MR) is 91.1 cm³/mol. The van der Waals surface area contributed by atoms with E-state index in [1.807, 2.05) is 32.1 Å². The van der Waals surface area contributed by atoms with Gasteiger partial charge >= 0.3 is 11.9 Å². The summed E-state index contributed by atoms with van der Waals surface area (Å²) in [6, 6.07) is 7.29. The highest BCUT2D eigenvalue weighted by Gasteiger charge is 2.31. The molecule has 6 nitrogen and oxygen atoms in total. The SMILES string of the molecule is CC.CC(=O)OCC1O[C@H](c2ccc(N)cc2)C=C[C@@H]1OC(C)=O. The lowest BCUT2D eigenvalue weighted by atomic mass is 10.0. The lowest BCUT2D eigenvalue weighted by Crippen LogP contribution is -2.39. The molecule has 6 heteroatoms. The summed E-state index contributed by atoms with van der Waals surface area (Å²) >= 11 is 0. The molecule has 0 saturated carbocycles. The van der Waals surface area contributed by atoms with Crippen LogP contribution in [-0.4, -0.2) is 30.8 Å². The maximum absolute atomic E-state index is 11.2. The Hall–Kier alpha value is -2.34. The van der Waals surface area contributed by atoms with Crippen LogP contribution in [0.3, 0.4) is 0 Å². The summed E-state index contributed by atoms with van der Waals surface area (Å²) in [6.45, 7) is 6.66. The molecule has 0 bridgehead atoms. The van der Waals surface area contributed by atoms with Gasteiger partial charge in [-0.1, -0.05) is 32.1 Å². The summed E-state index contributed by atoms with van der Waals surface area (Å²) in [4.78, 5) is 22.1. The smallest absolute Gasteiger partial charge is 0.303 e. The summed E-state index contributed by atoms with van der Waals surface area (Å²) in [5, 5.41) is 0. The van der Waals surface area contributed by atoms with E-state index in [0.717, 1.165) is 5.56 Å². The van der Waals surface area contributed by atoms with E-state index in [1.165, 1.54) is 13.8 Å². The first-order valence-corrected chi connectivity index (χ1v) is 7.95. The van der Waals surface area contributed by atoms with Crippen molar-refractivity contribution in [2.75, 3.05) is 12.3 Å². The molecule has 0 saturated heterocycles. The second-order valence-electron chi connectivity index (χ2n) is 5.02. The summed E-state index contributed by atoms with van der Waals surface area (Å²) in [5.41, 5.74) is 7.25. The number of rotatable bonds is 4. The van der Waals surface area contributed by atoms with Crippen LogP contribution in [0.4, 0.5) is 5.69 Å². The van der Waals surface area contributed by atoms with Crippen molar-refractivity contribution in [3.8, 4) is 0 Å². The fraction of sp³-hybridized carbons (Fsp3) is 0.444. The van der Waals surface area contributed by atoms with Crippen molar-refractivity contribution in [3.63, 3.8) is 0 Å². The maximum Gasteiger partial charge on any atom is 0.303 e. The van der Waals surface area contributed by atoms with E-state index >= 15 is 0 Å². The second kappa shape index (κ2) is 9.72. The van der Waals surface area contributed by atoms with Gasteiger partial charge in [0, 0.05) is 19.5 Å². The summed E-state index contributed by atoms with van der Waals surface area (Å²) in [7, 11) is 0. The zero-order chi connectivity index (χ0) is 18.1. The van der Waals surface area contributed by atoms with Gasteiger partial charge in [0.25, 0.3) is 0 Å².